The van der Waals surface area contributed by atoms with E-state index in [1.807, 2.05) is 4.90 Å². The number of nitrogens with zero attached hydrogens (tertiary/aromatic N) is 2. The van der Waals surface area contributed by atoms with Crippen LogP contribution in [0.1, 0.15) is 36.2 Å². The van der Waals surface area contributed by atoms with Crippen LogP contribution in [0.15, 0.2) is 22.6 Å². The van der Waals surface area contributed by atoms with Crippen molar-refractivity contribution in [1.82, 2.24) is 9.80 Å². The Bertz CT molecular complexity index is 864. The molecule has 1 aromatic carbocycles. The standard InChI is InChI=1S/C20H23ClN2O4/c1-26-16-12-15(21)10-14-11-17(27-18(14)16)20(25)23-8-4-13(5-9-23)19(24)22-6-2-3-7-22/h10-13H,2-9H2,1H3. The lowest BCUT2D eigenvalue weighted by atomic mass is 9.95. The van der Waals surface area contributed by atoms with E-state index in [9.17, 15) is 9.59 Å². The Kier molecular flexibility index (Phi) is 5.00. The van der Waals surface area contributed by atoms with Crippen molar-refractivity contribution in [1.29, 1.82) is 0 Å². The molecule has 0 unspecified atom stereocenters. The Labute approximate surface area is 163 Å². The molecule has 3 heterocycles. The maximum Gasteiger partial charge on any atom is 0.289 e. The molecular formula is C20H23ClN2O4. The molecule has 0 radical (unpaired) electrons. The summed E-state index contributed by atoms with van der Waals surface area (Å²) in [6.45, 7) is 2.89. The van der Waals surface area contributed by atoms with Crippen molar-refractivity contribution >= 4 is 34.4 Å². The summed E-state index contributed by atoms with van der Waals surface area (Å²) in [7, 11) is 1.54. The van der Waals surface area contributed by atoms with E-state index in [2.05, 4.69) is 0 Å². The highest BCUT2D eigenvalue weighted by Gasteiger charge is 2.32. The molecule has 7 heteroatoms. The van der Waals surface area contributed by atoms with Crippen molar-refractivity contribution in [2.45, 2.75) is 25.7 Å². The number of ether oxygens (including phenoxy) is 1. The highest BCUT2D eigenvalue weighted by atomic mass is 35.5. The average Bonchev–Trinajstić information content (AvgIpc) is 3.36. The van der Waals surface area contributed by atoms with Crippen LogP contribution in [0.3, 0.4) is 0 Å². The van der Waals surface area contributed by atoms with Gasteiger partial charge in [0.1, 0.15) is 0 Å². The Morgan fingerprint density at radius 1 is 1.07 bits per heavy atom. The van der Waals surface area contributed by atoms with Gasteiger partial charge in [-0.1, -0.05) is 11.6 Å². The highest BCUT2D eigenvalue weighted by Crippen LogP contribution is 2.33. The number of benzene rings is 1. The van der Waals surface area contributed by atoms with E-state index in [0.29, 0.717) is 42.3 Å². The quantitative estimate of drug-likeness (QED) is 0.803. The van der Waals surface area contributed by atoms with Gasteiger partial charge in [0, 0.05) is 48.6 Å². The van der Waals surface area contributed by atoms with Crippen LogP contribution in [0.4, 0.5) is 0 Å². The zero-order valence-electron chi connectivity index (χ0n) is 15.4. The summed E-state index contributed by atoms with van der Waals surface area (Å²) < 4.78 is 11.1. The van der Waals surface area contributed by atoms with Gasteiger partial charge in [-0.15, -0.1) is 0 Å². The van der Waals surface area contributed by atoms with Crippen molar-refractivity contribution in [2.24, 2.45) is 5.92 Å². The van der Waals surface area contributed by atoms with E-state index in [4.69, 9.17) is 20.8 Å². The van der Waals surface area contributed by atoms with Crippen LogP contribution in [0.5, 0.6) is 5.75 Å². The third-order valence-electron chi connectivity index (χ3n) is 5.53. The Morgan fingerprint density at radius 2 is 1.78 bits per heavy atom. The molecule has 0 aliphatic carbocycles. The number of likely N-dealkylation sites (tertiary alicyclic amines) is 2. The average molecular weight is 391 g/mol. The Hall–Kier alpha value is -2.21. The number of amides is 2. The third kappa shape index (κ3) is 3.50. The van der Waals surface area contributed by atoms with Gasteiger partial charge in [0.05, 0.1) is 7.11 Å². The van der Waals surface area contributed by atoms with Crippen LogP contribution >= 0.6 is 11.6 Å². The second-order valence-corrected chi connectivity index (χ2v) is 7.67. The maximum atomic E-state index is 12.8. The largest absolute Gasteiger partial charge is 0.493 e. The minimum Gasteiger partial charge on any atom is -0.493 e. The summed E-state index contributed by atoms with van der Waals surface area (Å²) in [5.41, 5.74) is 0.518. The summed E-state index contributed by atoms with van der Waals surface area (Å²) in [4.78, 5) is 29.1. The SMILES string of the molecule is COc1cc(Cl)cc2cc(C(=O)N3CCC(C(=O)N4CCCC4)CC3)oc12. The van der Waals surface area contributed by atoms with Gasteiger partial charge in [-0.05, 0) is 37.8 Å². The molecule has 2 saturated heterocycles. The van der Waals surface area contributed by atoms with Crippen molar-refractivity contribution in [2.75, 3.05) is 33.3 Å². The van der Waals surface area contributed by atoms with Gasteiger partial charge in [0.15, 0.2) is 17.1 Å². The summed E-state index contributed by atoms with van der Waals surface area (Å²) in [5, 5.41) is 1.27. The van der Waals surface area contributed by atoms with Crippen molar-refractivity contribution < 1.29 is 18.7 Å². The molecule has 6 nitrogen and oxygen atoms in total. The minimum atomic E-state index is -0.156. The molecule has 2 aliphatic heterocycles. The number of carbonyl (C=O) groups excluding carboxylic acids is 2. The van der Waals surface area contributed by atoms with Gasteiger partial charge in [-0.25, -0.2) is 0 Å². The fourth-order valence-electron chi connectivity index (χ4n) is 4.02. The topological polar surface area (TPSA) is 63.0 Å². The lowest BCUT2D eigenvalue weighted by Crippen LogP contribution is -2.43. The molecule has 0 bridgehead atoms. The van der Waals surface area contributed by atoms with Crippen molar-refractivity contribution in [3.63, 3.8) is 0 Å². The third-order valence-corrected chi connectivity index (χ3v) is 5.75. The van der Waals surface area contributed by atoms with Gasteiger partial charge in [-0.2, -0.15) is 0 Å². The lowest BCUT2D eigenvalue weighted by Gasteiger charge is -2.32. The molecule has 4 rings (SSSR count). The Balaban J connectivity index is 1.45. The molecular weight excluding hydrogens is 368 g/mol. The number of halogens is 1. The maximum absolute atomic E-state index is 12.8. The summed E-state index contributed by atoms with van der Waals surface area (Å²) >= 11 is 6.09. The van der Waals surface area contributed by atoms with E-state index in [1.165, 1.54) is 7.11 Å². The van der Waals surface area contributed by atoms with Gasteiger partial charge >= 0.3 is 0 Å². The lowest BCUT2D eigenvalue weighted by molar-refractivity contribution is -0.135. The minimum absolute atomic E-state index is 0.0294. The molecule has 2 fully saturated rings. The van der Waals surface area contributed by atoms with Crippen LogP contribution in [0, 0.1) is 5.92 Å². The van der Waals surface area contributed by atoms with E-state index in [0.717, 1.165) is 31.3 Å². The molecule has 0 atom stereocenters. The number of carbonyl (C=O) groups is 2. The van der Waals surface area contributed by atoms with E-state index >= 15 is 0 Å². The molecule has 1 aromatic heterocycles. The predicted octanol–water partition coefficient (Wildman–Crippen LogP) is 3.57. The molecule has 0 saturated carbocycles. The first-order chi connectivity index (χ1) is 13.1. The zero-order chi connectivity index (χ0) is 19.0. The van der Waals surface area contributed by atoms with Crippen LogP contribution in [-0.4, -0.2) is 54.9 Å². The number of piperidine rings is 1. The molecule has 0 N–H and O–H groups in total. The van der Waals surface area contributed by atoms with Gasteiger partial charge in [0.25, 0.3) is 5.91 Å². The molecule has 2 aliphatic rings. The van der Waals surface area contributed by atoms with Gasteiger partial charge in [-0.3, -0.25) is 9.59 Å². The zero-order valence-corrected chi connectivity index (χ0v) is 16.1. The number of rotatable bonds is 3. The van der Waals surface area contributed by atoms with E-state index in [-0.39, 0.29) is 23.5 Å². The van der Waals surface area contributed by atoms with E-state index < -0.39 is 0 Å². The number of hydrogen-bond acceptors (Lipinski definition) is 4. The second kappa shape index (κ2) is 7.43. The Morgan fingerprint density at radius 3 is 2.44 bits per heavy atom. The van der Waals surface area contributed by atoms with Crippen LogP contribution < -0.4 is 4.74 Å². The summed E-state index contributed by atoms with van der Waals surface area (Å²) in [6.07, 6.45) is 3.61. The fourth-order valence-corrected chi connectivity index (χ4v) is 4.24. The number of hydrogen-bond donors (Lipinski definition) is 0. The van der Waals surface area contributed by atoms with Crippen LogP contribution in [-0.2, 0) is 4.79 Å². The normalized spacial score (nSPS) is 18.3. The van der Waals surface area contributed by atoms with Gasteiger partial charge in [0.2, 0.25) is 5.91 Å². The fraction of sp³-hybridized carbons (Fsp3) is 0.500. The number of fused-ring (bicyclic) bond motifs is 1. The van der Waals surface area contributed by atoms with Crippen molar-refractivity contribution in [3.8, 4) is 5.75 Å². The van der Waals surface area contributed by atoms with E-state index in [1.54, 1.807) is 23.1 Å². The predicted molar refractivity (Wildman–Crippen MR) is 102 cm³/mol. The first-order valence-corrected chi connectivity index (χ1v) is 9.80. The highest BCUT2D eigenvalue weighted by molar-refractivity contribution is 6.31. The molecule has 27 heavy (non-hydrogen) atoms. The smallest absolute Gasteiger partial charge is 0.289 e. The molecule has 2 aromatic rings. The summed E-state index contributed by atoms with van der Waals surface area (Å²) in [6, 6.07) is 5.12. The van der Waals surface area contributed by atoms with Crippen molar-refractivity contribution in [3.05, 3.63) is 29.0 Å². The van der Waals surface area contributed by atoms with Crippen LogP contribution in [0.2, 0.25) is 5.02 Å². The molecule has 2 amide bonds. The van der Waals surface area contributed by atoms with Crippen LogP contribution in [0.25, 0.3) is 11.0 Å². The second-order valence-electron chi connectivity index (χ2n) is 7.24. The summed E-state index contributed by atoms with van der Waals surface area (Å²) in [5.74, 6) is 0.905. The molecule has 144 valence electrons. The molecule has 0 spiro atoms. The number of furan rings is 1. The first-order valence-electron chi connectivity index (χ1n) is 9.42. The number of methoxy groups -OCH3 is 1. The van der Waals surface area contributed by atoms with Gasteiger partial charge < -0.3 is 19.0 Å². The monoisotopic (exact) mass is 390 g/mol. The first kappa shape index (κ1) is 18.2.